The molecule has 3 aromatic heterocycles. The van der Waals surface area contributed by atoms with Crippen molar-refractivity contribution in [1.82, 2.24) is 25.4 Å². The molecule has 0 bridgehead atoms. The maximum Gasteiger partial charge on any atom is 0.268 e. The Morgan fingerprint density at radius 2 is 1.86 bits per heavy atom. The monoisotopic (exact) mass is 501 g/mol. The number of pyridine rings is 1. The molecule has 188 valence electrons. The number of oxime groups is 1. The van der Waals surface area contributed by atoms with Gasteiger partial charge >= 0.3 is 0 Å². The van der Waals surface area contributed by atoms with Gasteiger partial charge in [-0.15, -0.1) is 20.4 Å². The number of hydrogen-bond donors (Lipinski definition) is 0. The number of fused-ring (bicyclic) bond motifs is 1. The summed E-state index contributed by atoms with van der Waals surface area (Å²) in [5, 5.41) is 21.1. The molecule has 0 saturated carbocycles. The number of benzene rings is 1. The summed E-state index contributed by atoms with van der Waals surface area (Å²) in [6.45, 7) is 1.41. The third kappa shape index (κ3) is 4.59. The zero-order valence-electron chi connectivity index (χ0n) is 20.2. The second kappa shape index (κ2) is 9.57. The van der Waals surface area contributed by atoms with Crippen LogP contribution in [0.5, 0.6) is 5.75 Å². The highest BCUT2D eigenvalue weighted by molar-refractivity contribution is 6.04. The summed E-state index contributed by atoms with van der Waals surface area (Å²) in [6, 6.07) is 12.4. The smallest absolute Gasteiger partial charge is 0.268 e. The van der Waals surface area contributed by atoms with Crippen molar-refractivity contribution in [3.8, 4) is 17.3 Å². The Kier molecular flexibility index (Phi) is 5.95. The predicted octanol–water partition coefficient (Wildman–Crippen LogP) is 3.82. The van der Waals surface area contributed by atoms with Gasteiger partial charge in [0.2, 0.25) is 5.89 Å². The molecule has 2 aliphatic heterocycles. The van der Waals surface area contributed by atoms with Gasteiger partial charge in [-0.3, -0.25) is 4.98 Å². The molecule has 0 N–H and O–H groups in total. The number of ether oxygens (including phenoxy) is 1. The van der Waals surface area contributed by atoms with Gasteiger partial charge in [-0.25, -0.2) is 4.39 Å². The molecule has 10 nitrogen and oxygen atoms in total. The van der Waals surface area contributed by atoms with Gasteiger partial charge in [-0.2, -0.15) is 0 Å². The minimum Gasteiger partial charge on any atom is -0.486 e. The minimum absolute atomic E-state index is 0.326. The van der Waals surface area contributed by atoms with E-state index >= 15 is 0 Å². The van der Waals surface area contributed by atoms with E-state index in [2.05, 4.69) is 35.4 Å². The summed E-state index contributed by atoms with van der Waals surface area (Å²) in [4.78, 5) is 11.2. The first-order chi connectivity index (χ1) is 18.1. The lowest BCUT2D eigenvalue weighted by molar-refractivity contribution is 0.0427. The Labute approximate surface area is 212 Å². The van der Waals surface area contributed by atoms with E-state index in [-0.39, 0.29) is 5.82 Å². The lowest BCUT2D eigenvalue weighted by Crippen LogP contribution is -2.51. The number of aromatic nitrogens is 5. The van der Waals surface area contributed by atoms with Gasteiger partial charge in [0.1, 0.15) is 30.0 Å². The number of piperidine rings is 1. The molecule has 2 aliphatic rings. The second-order valence-electron chi connectivity index (χ2n) is 9.09. The van der Waals surface area contributed by atoms with Crippen LogP contribution in [0.1, 0.15) is 36.3 Å². The molecule has 4 aromatic rings. The Balaban J connectivity index is 1.13. The van der Waals surface area contributed by atoms with E-state index in [0.29, 0.717) is 60.4 Å². The maximum absolute atomic E-state index is 14.5. The van der Waals surface area contributed by atoms with Crippen molar-refractivity contribution < 1.29 is 18.4 Å². The number of rotatable bonds is 5. The van der Waals surface area contributed by atoms with Gasteiger partial charge in [0.25, 0.3) is 5.89 Å². The van der Waals surface area contributed by atoms with Gasteiger partial charge in [0, 0.05) is 44.7 Å². The van der Waals surface area contributed by atoms with Crippen LogP contribution in [0.25, 0.3) is 11.6 Å². The lowest BCUT2D eigenvalue weighted by Gasteiger charge is -2.44. The molecule has 0 aliphatic carbocycles. The summed E-state index contributed by atoms with van der Waals surface area (Å²) in [5.74, 6) is 1.72. The average Bonchev–Trinajstić information content (AvgIpc) is 3.38. The van der Waals surface area contributed by atoms with Gasteiger partial charge in [-0.1, -0.05) is 11.2 Å². The van der Waals surface area contributed by atoms with Gasteiger partial charge in [0.05, 0.1) is 17.7 Å². The van der Waals surface area contributed by atoms with Crippen LogP contribution in [-0.2, 0) is 11.3 Å². The van der Waals surface area contributed by atoms with Crippen LogP contribution >= 0.6 is 0 Å². The number of nitrogens with zero attached hydrogens (tertiary/aromatic N) is 7. The maximum atomic E-state index is 14.5. The number of halogens is 1. The molecule has 0 radical (unpaired) electrons. The molecule has 0 atom stereocenters. The van der Waals surface area contributed by atoms with Gasteiger partial charge < -0.3 is 18.9 Å². The highest BCUT2D eigenvalue weighted by atomic mass is 19.1. The van der Waals surface area contributed by atoms with Crippen LogP contribution < -0.4 is 9.64 Å². The Morgan fingerprint density at radius 3 is 2.62 bits per heavy atom. The molecule has 6 rings (SSSR count). The normalized spacial score (nSPS) is 17.5. The molecular weight excluding hydrogens is 477 g/mol. The molecule has 1 fully saturated rings. The fraction of sp³-hybridized carbons (Fsp3) is 0.308. The molecule has 11 heteroatoms. The molecule has 37 heavy (non-hydrogen) atoms. The largest absolute Gasteiger partial charge is 0.486 e. The summed E-state index contributed by atoms with van der Waals surface area (Å²) < 4.78 is 26.6. The van der Waals surface area contributed by atoms with Crippen LogP contribution in [0.3, 0.4) is 0 Å². The first kappa shape index (κ1) is 23.0. The van der Waals surface area contributed by atoms with E-state index in [4.69, 9.17) is 14.0 Å². The molecular formula is C26H24FN7O3. The number of anilines is 1. The van der Waals surface area contributed by atoms with Crippen molar-refractivity contribution in [3.05, 3.63) is 77.7 Å². The zero-order valence-corrected chi connectivity index (χ0v) is 20.2. The van der Waals surface area contributed by atoms with Crippen LogP contribution in [0.15, 0.2) is 64.4 Å². The van der Waals surface area contributed by atoms with Crippen LogP contribution in [0, 0.1) is 5.82 Å². The summed E-state index contributed by atoms with van der Waals surface area (Å²) >= 11 is 0. The van der Waals surface area contributed by atoms with E-state index < -0.39 is 5.60 Å². The summed E-state index contributed by atoms with van der Waals surface area (Å²) in [7, 11) is 1.47. The van der Waals surface area contributed by atoms with E-state index in [1.807, 2.05) is 24.3 Å². The first-order valence-electron chi connectivity index (χ1n) is 12.0. The Bertz CT molecular complexity index is 1420. The molecule has 1 spiro atoms. The van der Waals surface area contributed by atoms with Crippen molar-refractivity contribution in [2.75, 3.05) is 25.1 Å². The van der Waals surface area contributed by atoms with Crippen molar-refractivity contribution >= 4 is 11.5 Å². The molecule has 0 unspecified atom stereocenters. The standard InChI is InChI=1S/C26H24FN7O3/c1-35-33-20-16-26(37-21-4-2-3-18(27)24(20)21)9-13-34(14-10-26)22-6-5-19(29-30-22)25-32-31-23(36-25)15-17-7-11-28-12-8-17/h2-8,11-12H,9-10,13-16H2,1H3. The highest BCUT2D eigenvalue weighted by Crippen LogP contribution is 2.41. The van der Waals surface area contributed by atoms with Gasteiger partial charge in [0.15, 0.2) is 5.82 Å². The average molecular weight is 502 g/mol. The van der Waals surface area contributed by atoms with Crippen LogP contribution in [-0.4, -0.2) is 56.9 Å². The number of hydrogen-bond acceptors (Lipinski definition) is 10. The van der Waals surface area contributed by atoms with E-state index in [9.17, 15) is 4.39 Å². The van der Waals surface area contributed by atoms with Crippen LogP contribution in [0.2, 0.25) is 0 Å². The predicted molar refractivity (Wildman–Crippen MR) is 132 cm³/mol. The minimum atomic E-state index is -0.475. The quantitative estimate of drug-likeness (QED) is 0.377. The summed E-state index contributed by atoms with van der Waals surface area (Å²) in [6.07, 6.45) is 5.89. The third-order valence-corrected chi connectivity index (χ3v) is 6.72. The molecule has 1 saturated heterocycles. The fourth-order valence-corrected chi connectivity index (χ4v) is 4.85. The Morgan fingerprint density at radius 1 is 1.03 bits per heavy atom. The first-order valence-corrected chi connectivity index (χ1v) is 12.0. The molecule has 1 aromatic carbocycles. The second-order valence-corrected chi connectivity index (χ2v) is 9.09. The molecule has 5 heterocycles. The van der Waals surface area contributed by atoms with Crippen molar-refractivity contribution in [2.24, 2.45) is 5.16 Å². The fourth-order valence-electron chi connectivity index (χ4n) is 4.85. The third-order valence-electron chi connectivity index (χ3n) is 6.72. The van der Waals surface area contributed by atoms with Gasteiger partial charge in [-0.05, 0) is 42.0 Å². The summed E-state index contributed by atoms with van der Waals surface area (Å²) in [5.41, 5.74) is 2.02. The van der Waals surface area contributed by atoms with E-state index in [0.717, 1.165) is 24.2 Å². The van der Waals surface area contributed by atoms with Crippen molar-refractivity contribution in [2.45, 2.75) is 31.3 Å². The Hall–Kier alpha value is -4.41. The molecule has 0 amide bonds. The van der Waals surface area contributed by atoms with Crippen molar-refractivity contribution in [3.63, 3.8) is 0 Å². The topological polar surface area (TPSA) is 112 Å². The highest BCUT2D eigenvalue weighted by Gasteiger charge is 2.43. The van der Waals surface area contributed by atoms with Crippen LogP contribution in [0.4, 0.5) is 10.2 Å². The van der Waals surface area contributed by atoms with E-state index in [1.165, 1.54) is 13.2 Å². The zero-order chi connectivity index (χ0) is 25.2. The van der Waals surface area contributed by atoms with Crippen molar-refractivity contribution in [1.29, 1.82) is 0 Å². The lowest BCUT2D eigenvalue weighted by atomic mass is 9.82. The SMILES string of the molecule is CON=C1CC2(CCN(c3ccc(-c4nnc(Cc5ccncc5)o4)nn3)CC2)Oc2cccc(F)c21. The van der Waals surface area contributed by atoms with E-state index in [1.54, 1.807) is 24.5 Å².